The minimum absolute atomic E-state index is 0. The molecular formula is C25H36IN5O. The van der Waals surface area contributed by atoms with Gasteiger partial charge in [0.25, 0.3) is 0 Å². The smallest absolute Gasteiger partial charge is 0.239 e. The maximum atomic E-state index is 11.6. The Labute approximate surface area is 209 Å². The van der Waals surface area contributed by atoms with Gasteiger partial charge in [-0.2, -0.15) is 0 Å². The van der Waals surface area contributed by atoms with Crippen molar-refractivity contribution in [2.24, 2.45) is 4.99 Å². The number of carbonyl (C=O) groups is 1. The molecule has 1 aliphatic rings. The van der Waals surface area contributed by atoms with Crippen LogP contribution in [0.1, 0.15) is 37.8 Å². The molecule has 1 heterocycles. The number of piperazine rings is 1. The summed E-state index contributed by atoms with van der Waals surface area (Å²) in [5.41, 5.74) is 3.71. The first-order chi connectivity index (χ1) is 15.1. The van der Waals surface area contributed by atoms with Gasteiger partial charge in [-0.3, -0.25) is 9.79 Å². The first-order valence-corrected chi connectivity index (χ1v) is 11.2. The van der Waals surface area contributed by atoms with Crippen LogP contribution in [0, 0.1) is 0 Å². The van der Waals surface area contributed by atoms with E-state index in [0.717, 1.165) is 37.6 Å². The Hall–Kier alpha value is -2.29. The van der Waals surface area contributed by atoms with Crippen LogP contribution in [0.4, 0.5) is 5.69 Å². The SMILES string of the molecule is CCC(CC)(CNC(=NC)NCc1ccc(N2CCNC(=O)C2)cc1)c1ccccc1.I. The molecule has 0 atom stereocenters. The highest BCUT2D eigenvalue weighted by Crippen LogP contribution is 2.30. The van der Waals surface area contributed by atoms with Gasteiger partial charge < -0.3 is 20.9 Å². The summed E-state index contributed by atoms with van der Waals surface area (Å²) < 4.78 is 0. The Balaban J connectivity index is 0.00000363. The number of halogens is 1. The molecule has 7 heteroatoms. The van der Waals surface area contributed by atoms with Gasteiger partial charge in [-0.05, 0) is 36.1 Å². The second-order valence-electron chi connectivity index (χ2n) is 8.07. The molecule has 0 aromatic heterocycles. The molecule has 6 nitrogen and oxygen atoms in total. The lowest BCUT2D eigenvalue weighted by Crippen LogP contribution is -2.47. The van der Waals surface area contributed by atoms with E-state index in [0.29, 0.717) is 19.6 Å². The average molecular weight is 550 g/mol. The number of nitrogens with zero attached hydrogens (tertiary/aromatic N) is 2. The van der Waals surface area contributed by atoms with Crippen molar-refractivity contribution >= 4 is 41.5 Å². The third kappa shape index (κ3) is 6.60. The summed E-state index contributed by atoms with van der Waals surface area (Å²) in [6.45, 7) is 7.99. The molecule has 174 valence electrons. The van der Waals surface area contributed by atoms with Crippen molar-refractivity contribution < 1.29 is 4.79 Å². The number of benzene rings is 2. The number of hydrogen-bond donors (Lipinski definition) is 3. The Bertz CT molecular complexity index is 866. The van der Waals surface area contributed by atoms with Crippen LogP contribution in [0.2, 0.25) is 0 Å². The van der Waals surface area contributed by atoms with E-state index in [1.165, 1.54) is 11.1 Å². The van der Waals surface area contributed by atoms with E-state index in [-0.39, 0.29) is 35.3 Å². The van der Waals surface area contributed by atoms with Crippen LogP contribution in [-0.2, 0) is 16.8 Å². The molecule has 1 aliphatic heterocycles. The van der Waals surface area contributed by atoms with E-state index in [4.69, 9.17) is 0 Å². The molecule has 3 rings (SSSR count). The van der Waals surface area contributed by atoms with E-state index in [2.05, 4.69) is 94.3 Å². The second kappa shape index (κ2) is 12.7. The van der Waals surface area contributed by atoms with Gasteiger partial charge in [-0.1, -0.05) is 56.3 Å². The summed E-state index contributed by atoms with van der Waals surface area (Å²) in [4.78, 5) is 18.1. The van der Waals surface area contributed by atoms with E-state index < -0.39 is 0 Å². The van der Waals surface area contributed by atoms with Gasteiger partial charge in [-0.15, -0.1) is 24.0 Å². The molecule has 1 saturated heterocycles. The van der Waals surface area contributed by atoms with E-state index in [1.807, 2.05) is 7.05 Å². The van der Waals surface area contributed by atoms with Crippen LogP contribution >= 0.6 is 24.0 Å². The maximum absolute atomic E-state index is 11.6. The van der Waals surface area contributed by atoms with Crippen LogP contribution in [-0.4, -0.2) is 45.1 Å². The number of aliphatic imine (C=N–C) groups is 1. The van der Waals surface area contributed by atoms with Crippen LogP contribution in [0.25, 0.3) is 0 Å². The van der Waals surface area contributed by atoms with Crippen LogP contribution in [0.15, 0.2) is 59.6 Å². The quantitative estimate of drug-likeness (QED) is 0.267. The minimum Gasteiger partial charge on any atom is -0.360 e. The van der Waals surface area contributed by atoms with Crippen molar-refractivity contribution in [3.63, 3.8) is 0 Å². The number of carbonyl (C=O) groups excluding carboxylic acids is 1. The Kier molecular flexibility index (Phi) is 10.3. The zero-order valence-electron chi connectivity index (χ0n) is 19.4. The standard InChI is InChI=1S/C25H35N5O.HI/c1-4-25(5-2,21-9-7-6-8-10-21)19-29-24(26-3)28-17-20-11-13-22(14-12-20)30-16-15-27-23(31)18-30;/h6-14H,4-5,15-19H2,1-3H3,(H,27,31)(H2,26,28,29);1H. The zero-order chi connectivity index (χ0) is 22.1. The topological polar surface area (TPSA) is 68.8 Å². The molecule has 32 heavy (non-hydrogen) atoms. The Morgan fingerprint density at radius 1 is 1.06 bits per heavy atom. The fraction of sp³-hybridized carbons (Fsp3) is 0.440. The summed E-state index contributed by atoms with van der Waals surface area (Å²) >= 11 is 0. The highest BCUT2D eigenvalue weighted by Gasteiger charge is 2.28. The molecule has 0 aliphatic carbocycles. The molecule has 0 spiro atoms. The maximum Gasteiger partial charge on any atom is 0.239 e. The van der Waals surface area contributed by atoms with Gasteiger partial charge in [0.05, 0.1) is 6.54 Å². The Morgan fingerprint density at radius 3 is 2.34 bits per heavy atom. The van der Waals surface area contributed by atoms with Gasteiger partial charge >= 0.3 is 0 Å². The lowest BCUT2D eigenvalue weighted by molar-refractivity contribution is -0.120. The number of rotatable bonds is 8. The fourth-order valence-electron chi connectivity index (χ4n) is 4.14. The highest BCUT2D eigenvalue weighted by molar-refractivity contribution is 14.0. The van der Waals surface area contributed by atoms with Crippen LogP contribution < -0.4 is 20.9 Å². The zero-order valence-corrected chi connectivity index (χ0v) is 21.7. The average Bonchev–Trinajstić information content (AvgIpc) is 2.83. The molecule has 1 amide bonds. The third-order valence-electron chi connectivity index (χ3n) is 6.36. The fourth-order valence-corrected chi connectivity index (χ4v) is 4.14. The van der Waals surface area contributed by atoms with Gasteiger partial charge in [0, 0.05) is 44.3 Å². The van der Waals surface area contributed by atoms with Crippen molar-refractivity contribution in [2.75, 3.05) is 38.1 Å². The predicted molar refractivity (Wildman–Crippen MR) is 144 cm³/mol. The normalized spacial score (nSPS) is 14.4. The molecule has 1 fully saturated rings. The van der Waals surface area contributed by atoms with E-state index >= 15 is 0 Å². The Morgan fingerprint density at radius 2 is 1.75 bits per heavy atom. The summed E-state index contributed by atoms with van der Waals surface area (Å²) in [5.74, 6) is 0.886. The summed E-state index contributed by atoms with van der Waals surface area (Å²) in [6.07, 6.45) is 2.13. The molecular weight excluding hydrogens is 513 g/mol. The summed E-state index contributed by atoms with van der Waals surface area (Å²) in [6, 6.07) is 19.1. The molecule has 0 saturated carbocycles. The lowest BCUT2D eigenvalue weighted by atomic mass is 9.76. The highest BCUT2D eigenvalue weighted by atomic mass is 127. The van der Waals surface area contributed by atoms with E-state index in [1.54, 1.807) is 0 Å². The number of nitrogens with one attached hydrogen (secondary N) is 3. The predicted octanol–water partition coefficient (Wildman–Crippen LogP) is 3.66. The minimum atomic E-state index is 0. The van der Waals surface area contributed by atoms with E-state index in [9.17, 15) is 4.79 Å². The van der Waals surface area contributed by atoms with Crippen molar-refractivity contribution in [1.82, 2.24) is 16.0 Å². The number of anilines is 1. The second-order valence-corrected chi connectivity index (χ2v) is 8.07. The molecule has 0 radical (unpaired) electrons. The summed E-state index contributed by atoms with van der Waals surface area (Å²) in [5, 5.41) is 9.82. The molecule has 0 unspecified atom stereocenters. The van der Waals surface area contributed by atoms with Crippen LogP contribution in [0.3, 0.4) is 0 Å². The monoisotopic (exact) mass is 549 g/mol. The summed E-state index contributed by atoms with van der Waals surface area (Å²) in [7, 11) is 1.81. The number of guanidine groups is 1. The van der Waals surface area contributed by atoms with Gasteiger partial charge in [0.1, 0.15) is 0 Å². The first kappa shape index (κ1) is 26.0. The number of hydrogen-bond acceptors (Lipinski definition) is 3. The van der Waals surface area contributed by atoms with Crippen LogP contribution in [0.5, 0.6) is 0 Å². The molecule has 3 N–H and O–H groups in total. The van der Waals surface area contributed by atoms with Gasteiger partial charge in [-0.25, -0.2) is 0 Å². The van der Waals surface area contributed by atoms with Gasteiger partial charge in [0.2, 0.25) is 5.91 Å². The largest absolute Gasteiger partial charge is 0.360 e. The molecule has 2 aromatic carbocycles. The molecule has 2 aromatic rings. The molecule has 0 bridgehead atoms. The van der Waals surface area contributed by atoms with Gasteiger partial charge in [0.15, 0.2) is 5.96 Å². The third-order valence-corrected chi connectivity index (χ3v) is 6.36. The van der Waals surface area contributed by atoms with Crippen molar-refractivity contribution in [1.29, 1.82) is 0 Å². The van der Waals surface area contributed by atoms with Crippen molar-refractivity contribution in [3.8, 4) is 0 Å². The van der Waals surface area contributed by atoms with Crippen molar-refractivity contribution in [2.45, 2.75) is 38.6 Å². The lowest BCUT2D eigenvalue weighted by Gasteiger charge is -2.33. The number of amides is 1. The van der Waals surface area contributed by atoms with Crippen molar-refractivity contribution in [3.05, 3.63) is 65.7 Å². The first-order valence-electron chi connectivity index (χ1n) is 11.2.